The molecule has 2 amide bonds. The van der Waals surface area contributed by atoms with Gasteiger partial charge >= 0.3 is 5.97 Å². The molecule has 0 spiro atoms. The van der Waals surface area contributed by atoms with Gasteiger partial charge in [-0.1, -0.05) is 15.9 Å². The van der Waals surface area contributed by atoms with E-state index in [1.807, 2.05) is 24.3 Å². The first-order chi connectivity index (χ1) is 13.0. The average Bonchev–Trinajstić information content (AvgIpc) is 2.68. The van der Waals surface area contributed by atoms with Crippen molar-refractivity contribution in [3.63, 3.8) is 0 Å². The highest BCUT2D eigenvalue weighted by molar-refractivity contribution is 9.10. The molecule has 0 unspecified atom stereocenters. The third kappa shape index (κ3) is 7.44. The number of hydrogen-bond acceptors (Lipinski definition) is 5. The van der Waals surface area contributed by atoms with Gasteiger partial charge < -0.3 is 15.4 Å². The predicted molar refractivity (Wildman–Crippen MR) is 109 cm³/mol. The van der Waals surface area contributed by atoms with Crippen LogP contribution in [0.4, 0.5) is 5.69 Å². The number of benzene rings is 2. The van der Waals surface area contributed by atoms with E-state index in [2.05, 4.69) is 31.3 Å². The van der Waals surface area contributed by atoms with Crippen LogP contribution >= 0.6 is 27.7 Å². The van der Waals surface area contributed by atoms with Gasteiger partial charge in [0.05, 0.1) is 7.11 Å². The van der Waals surface area contributed by atoms with Crippen molar-refractivity contribution in [2.75, 3.05) is 24.7 Å². The Kier molecular flexibility index (Phi) is 8.35. The largest absolute Gasteiger partial charge is 0.468 e. The van der Waals surface area contributed by atoms with Gasteiger partial charge in [0.2, 0.25) is 5.91 Å². The van der Waals surface area contributed by atoms with Crippen molar-refractivity contribution in [2.45, 2.75) is 11.3 Å². The second-order valence-corrected chi connectivity index (χ2v) is 7.52. The lowest BCUT2D eigenvalue weighted by Crippen LogP contribution is -2.30. The number of amides is 2. The summed E-state index contributed by atoms with van der Waals surface area (Å²) in [4.78, 5) is 36.0. The molecular weight excluding hydrogens is 432 g/mol. The maximum atomic E-state index is 12.0. The Labute approximate surface area is 170 Å². The van der Waals surface area contributed by atoms with Gasteiger partial charge in [-0.2, -0.15) is 0 Å². The molecule has 0 atom stereocenters. The van der Waals surface area contributed by atoms with Crippen molar-refractivity contribution in [2.24, 2.45) is 0 Å². The molecule has 142 valence electrons. The number of carbonyl (C=O) groups is 3. The van der Waals surface area contributed by atoms with Crippen LogP contribution in [0.2, 0.25) is 0 Å². The lowest BCUT2D eigenvalue weighted by molar-refractivity contribution is -0.139. The number of thioether (sulfide) groups is 1. The van der Waals surface area contributed by atoms with E-state index in [-0.39, 0.29) is 18.4 Å². The first-order valence-corrected chi connectivity index (χ1v) is 9.89. The van der Waals surface area contributed by atoms with E-state index < -0.39 is 5.97 Å². The van der Waals surface area contributed by atoms with Crippen molar-refractivity contribution >= 4 is 51.2 Å². The van der Waals surface area contributed by atoms with E-state index in [0.717, 1.165) is 9.37 Å². The minimum absolute atomic E-state index is 0.0949. The molecule has 2 rings (SSSR count). The van der Waals surface area contributed by atoms with Crippen molar-refractivity contribution in [1.82, 2.24) is 5.32 Å². The maximum absolute atomic E-state index is 12.0. The number of anilines is 1. The van der Waals surface area contributed by atoms with Gasteiger partial charge in [-0.25, -0.2) is 0 Å². The molecule has 0 saturated heterocycles. The molecule has 27 heavy (non-hydrogen) atoms. The topological polar surface area (TPSA) is 84.5 Å². The molecule has 0 heterocycles. The van der Waals surface area contributed by atoms with Crippen molar-refractivity contribution in [3.8, 4) is 0 Å². The molecule has 0 bridgehead atoms. The highest BCUT2D eigenvalue weighted by Crippen LogP contribution is 2.21. The van der Waals surface area contributed by atoms with Gasteiger partial charge in [-0.05, 0) is 48.5 Å². The summed E-state index contributed by atoms with van der Waals surface area (Å²) in [5.74, 6) is -0.332. The first kappa shape index (κ1) is 21.0. The molecule has 0 aliphatic carbocycles. The van der Waals surface area contributed by atoms with Crippen molar-refractivity contribution in [3.05, 3.63) is 58.6 Å². The summed E-state index contributed by atoms with van der Waals surface area (Å²) in [5.41, 5.74) is 1.00. The number of carbonyl (C=O) groups excluding carboxylic acids is 3. The molecule has 8 heteroatoms. The molecule has 0 aliphatic heterocycles. The zero-order valence-electron chi connectivity index (χ0n) is 14.7. The summed E-state index contributed by atoms with van der Waals surface area (Å²) >= 11 is 5.00. The zero-order valence-corrected chi connectivity index (χ0v) is 17.1. The van der Waals surface area contributed by atoms with Gasteiger partial charge in [-0.15, -0.1) is 11.8 Å². The second kappa shape index (κ2) is 10.7. The Morgan fingerprint density at radius 2 is 1.70 bits per heavy atom. The van der Waals surface area contributed by atoms with Crippen LogP contribution < -0.4 is 10.6 Å². The standard InChI is InChI=1S/C19H19BrN2O4S/c1-26-18(24)12-21-19(25)13-2-6-15(7-3-13)22-17(23)10-11-27-16-8-4-14(20)5-9-16/h2-9H,10-12H2,1H3,(H,21,25)(H,22,23). The van der Waals surface area contributed by atoms with Gasteiger partial charge in [0.15, 0.2) is 0 Å². The van der Waals surface area contributed by atoms with Crippen LogP contribution in [-0.2, 0) is 14.3 Å². The number of methoxy groups -OCH3 is 1. The Morgan fingerprint density at radius 1 is 1.04 bits per heavy atom. The molecule has 0 saturated carbocycles. The lowest BCUT2D eigenvalue weighted by atomic mass is 10.2. The van der Waals surface area contributed by atoms with Crippen molar-refractivity contribution < 1.29 is 19.1 Å². The molecule has 6 nitrogen and oxygen atoms in total. The van der Waals surface area contributed by atoms with E-state index >= 15 is 0 Å². The third-order valence-corrected chi connectivity index (χ3v) is 5.01. The molecule has 0 aliphatic rings. The fourth-order valence-electron chi connectivity index (χ4n) is 2.05. The smallest absolute Gasteiger partial charge is 0.325 e. The van der Waals surface area contributed by atoms with Gasteiger partial charge in [-0.3, -0.25) is 14.4 Å². The lowest BCUT2D eigenvalue weighted by Gasteiger charge is -2.07. The number of ether oxygens (including phenoxy) is 1. The van der Waals surface area contributed by atoms with Gasteiger partial charge in [0, 0.05) is 32.8 Å². The minimum Gasteiger partial charge on any atom is -0.468 e. The van der Waals surface area contributed by atoms with E-state index in [1.165, 1.54) is 7.11 Å². The summed E-state index contributed by atoms with van der Waals surface area (Å²) in [6.07, 6.45) is 0.377. The number of nitrogens with one attached hydrogen (secondary N) is 2. The highest BCUT2D eigenvalue weighted by atomic mass is 79.9. The normalized spacial score (nSPS) is 10.1. The predicted octanol–water partition coefficient (Wildman–Crippen LogP) is 3.47. The number of rotatable bonds is 8. The van der Waals surface area contributed by atoms with Crippen molar-refractivity contribution in [1.29, 1.82) is 0 Å². The second-order valence-electron chi connectivity index (χ2n) is 5.44. The third-order valence-electron chi connectivity index (χ3n) is 3.46. The maximum Gasteiger partial charge on any atom is 0.325 e. The SMILES string of the molecule is COC(=O)CNC(=O)c1ccc(NC(=O)CCSc2ccc(Br)cc2)cc1. The van der Waals surface area contributed by atoms with Crippen LogP contribution in [0.15, 0.2) is 57.9 Å². The Bertz CT molecular complexity index is 794. The van der Waals surface area contributed by atoms with Crippen LogP contribution in [0.5, 0.6) is 0 Å². The van der Waals surface area contributed by atoms with Crippen LogP contribution in [0.1, 0.15) is 16.8 Å². The quantitative estimate of drug-likeness (QED) is 0.474. The van der Waals surface area contributed by atoms with Crippen LogP contribution in [-0.4, -0.2) is 37.2 Å². The fraction of sp³-hybridized carbons (Fsp3) is 0.211. The molecule has 0 aromatic heterocycles. The zero-order chi connectivity index (χ0) is 19.6. The van der Waals surface area contributed by atoms with E-state index in [4.69, 9.17) is 0 Å². The van der Waals surface area contributed by atoms with Gasteiger partial charge in [0.25, 0.3) is 5.91 Å². The molecule has 0 fully saturated rings. The van der Waals surface area contributed by atoms with E-state index in [0.29, 0.717) is 23.4 Å². The number of halogens is 1. The molecule has 2 aromatic carbocycles. The van der Waals surface area contributed by atoms with Crippen LogP contribution in [0.25, 0.3) is 0 Å². The van der Waals surface area contributed by atoms with Gasteiger partial charge in [0.1, 0.15) is 6.54 Å². The van der Waals surface area contributed by atoms with Crippen LogP contribution in [0, 0.1) is 0 Å². The molecule has 2 N–H and O–H groups in total. The van der Waals surface area contributed by atoms with Crippen LogP contribution in [0.3, 0.4) is 0 Å². The average molecular weight is 451 g/mol. The Hall–Kier alpha value is -2.32. The summed E-state index contributed by atoms with van der Waals surface area (Å²) < 4.78 is 5.48. The first-order valence-electron chi connectivity index (χ1n) is 8.11. The summed E-state index contributed by atoms with van der Waals surface area (Å²) in [6.45, 7) is -0.191. The van der Waals surface area contributed by atoms with E-state index in [9.17, 15) is 14.4 Å². The Balaban J connectivity index is 1.76. The minimum atomic E-state index is -0.520. The molecular formula is C19H19BrN2O4S. The van der Waals surface area contributed by atoms with E-state index in [1.54, 1.807) is 36.0 Å². The summed E-state index contributed by atoms with van der Waals surface area (Å²) in [5, 5.41) is 5.25. The molecule has 2 aromatic rings. The highest BCUT2D eigenvalue weighted by Gasteiger charge is 2.09. The summed E-state index contributed by atoms with van der Waals surface area (Å²) in [7, 11) is 1.25. The number of esters is 1. The molecule has 0 radical (unpaired) electrons. The Morgan fingerprint density at radius 3 is 2.33 bits per heavy atom. The summed E-state index contributed by atoms with van der Waals surface area (Å²) in [6, 6.07) is 14.4. The monoisotopic (exact) mass is 450 g/mol. The fourth-order valence-corrected chi connectivity index (χ4v) is 3.16. The number of hydrogen-bond donors (Lipinski definition) is 2.